The molecule has 0 aliphatic carbocycles. The highest BCUT2D eigenvalue weighted by molar-refractivity contribution is 6.30. The molecule has 0 aromatic heterocycles. The smallest absolute Gasteiger partial charge is 0.314 e. The van der Waals surface area contributed by atoms with Crippen LogP contribution in [0.3, 0.4) is 0 Å². The van der Waals surface area contributed by atoms with E-state index in [1.807, 2.05) is 19.9 Å². The molecule has 3 nitrogen and oxygen atoms in total. The zero-order valence-electron chi connectivity index (χ0n) is 11.1. The summed E-state index contributed by atoms with van der Waals surface area (Å²) in [5.74, 6) is 2.37. The molecule has 1 aromatic rings. The Bertz CT molecular complexity index is 496. The van der Waals surface area contributed by atoms with Gasteiger partial charge in [0.2, 0.25) is 0 Å². The van der Waals surface area contributed by atoms with Crippen molar-refractivity contribution >= 4 is 17.6 Å². The molecule has 102 valence electrons. The van der Waals surface area contributed by atoms with Crippen LogP contribution >= 0.6 is 11.6 Å². The van der Waals surface area contributed by atoms with Gasteiger partial charge in [-0.3, -0.25) is 4.79 Å². The van der Waals surface area contributed by atoms with Crippen LogP contribution in [0.2, 0.25) is 0 Å². The topological polar surface area (TPSA) is 46.5 Å². The third kappa shape index (κ3) is 3.42. The molecule has 1 rings (SSSR count). The van der Waals surface area contributed by atoms with Crippen LogP contribution in [-0.2, 0) is 10.2 Å². The highest BCUT2D eigenvalue weighted by Crippen LogP contribution is 2.33. The van der Waals surface area contributed by atoms with Gasteiger partial charge in [-0.1, -0.05) is 26.0 Å². The first-order valence-electron chi connectivity index (χ1n) is 6.16. The molecule has 0 spiro atoms. The number of aliphatic carboxylic acids is 1. The Morgan fingerprint density at radius 3 is 2.63 bits per heavy atom. The lowest BCUT2D eigenvalue weighted by Crippen LogP contribution is -2.34. The van der Waals surface area contributed by atoms with Crippen molar-refractivity contribution < 1.29 is 14.6 Å². The van der Waals surface area contributed by atoms with Crippen LogP contribution < -0.4 is 4.74 Å². The number of hydrogen-bond acceptors (Lipinski definition) is 2. The van der Waals surface area contributed by atoms with Crippen LogP contribution in [0.1, 0.15) is 32.3 Å². The summed E-state index contributed by atoms with van der Waals surface area (Å²) in [6, 6.07) is 7.15. The van der Waals surface area contributed by atoms with E-state index in [9.17, 15) is 9.90 Å². The Hall–Kier alpha value is -1.66. The summed E-state index contributed by atoms with van der Waals surface area (Å²) >= 11 is 5.24. The molecule has 4 heteroatoms. The first-order valence-corrected chi connectivity index (χ1v) is 6.53. The number of halogens is 1. The average molecular weight is 281 g/mol. The van der Waals surface area contributed by atoms with Crippen molar-refractivity contribution in [3.8, 4) is 17.0 Å². The van der Waals surface area contributed by atoms with E-state index in [2.05, 4.69) is 11.3 Å². The minimum atomic E-state index is -0.864. The highest BCUT2D eigenvalue weighted by Gasteiger charge is 2.36. The normalized spacial score (nSPS) is 10.5. The number of rotatable bonds is 6. The van der Waals surface area contributed by atoms with E-state index in [4.69, 9.17) is 16.3 Å². The number of hydrogen-bond donors (Lipinski definition) is 1. The van der Waals surface area contributed by atoms with Crippen LogP contribution in [0.15, 0.2) is 24.3 Å². The van der Waals surface area contributed by atoms with Crippen LogP contribution in [0.5, 0.6) is 5.75 Å². The molecule has 0 fully saturated rings. The third-order valence-corrected chi connectivity index (χ3v) is 3.51. The second-order valence-electron chi connectivity index (χ2n) is 4.18. The van der Waals surface area contributed by atoms with Gasteiger partial charge in [0.15, 0.2) is 0 Å². The number of carboxylic acid groups (broad SMARTS) is 1. The second kappa shape index (κ2) is 7.06. The monoisotopic (exact) mass is 280 g/mol. The molecule has 1 N–H and O–H groups in total. The summed E-state index contributed by atoms with van der Waals surface area (Å²) in [7, 11) is 0. The van der Waals surface area contributed by atoms with Gasteiger partial charge in [0.1, 0.15) is 12.4 Å². The van der Waals surface area contributed by atoms with Gasteiger partial charge < -0.3 is 9.84 Å². The molecule has 0 aliphatic rings. The lowest BCUT2D eigenvalue weighted by atomic mass is 9.76. The third-order valence-electron chi connectivity index (χ3n) is 3.38. The standard InChI is InChI=1S/C15H17ClO3/c1-3-15(4-2,14(17)18)12-7-5-8-13(11-12)19-10-6-9-16/h5,7-8,11H,3-4,10H2,1-2H3,(H,17,18). The summed E-state index contributed by atoms with van der Waals surface area (Å²) in [5, 5.41) is 11.7. The van der Waals surface area contributed by atoms with Crippen molar-refractivity contribution in [2.75, 3.05) is 6.61 Å². The number of carboxylic acids is 1. The quantitative estimate of drug-likeness (QED) is 0.812. The molecule has 0 radical (unpaired) electrons. The fraction of sp³-hybridized carbons (Fsp3) is 0.400. The summed E-state index contributed by atoms with van der Waals surface area (Å²) in [5.41, 5.74) is -0.112. The molecule has 0 aliphatic heterocycles. The molecule has 0 unspecified atom stereocenters. The molecule has 0 heterocycles. The summed E-state index contributed by atoms with van der Waals surface area (Å²) < 4.78 is 5.40. The minimum absolute atomic E-state index is 0.186. The van der Waals surface area contributed by atoms with E-state index in [1.54, 1.807) is 18.2 Å². The summed E-state index contributed by atoms with van der Waals surface area (Å²) in [6.45, 7) is 3.94. The van der Waals surface area contributed by atoms with Gasteiger partial charge in [0.25, 0.3) is 0 Å². The Morgan fingerprint density at radius 1 is 1.42 bits per heavy atom. The van der Waals surface area contributed by atoms with Crippen molar-refractivity contribution in [3.63, 3.8) is 0 Å². The lowest BCUT2D eigenvalue weighted by molar-refractivity contribution is -0.144. The summed E-state index contributed by atoms with van der Waals surface area (Å²) in [4.78, 5) is 11.6. The SMILES string of the molecule is CCC(CC)(C(=O)O)c1cccc(OCC#CCl)c1. The number of ether oxygens (including phenoxy) is 1. The molecule has 0 atom stereocenters. The minimum Gasteiger partial charge on any atom is -0.481 e. The Morgan fingerprint density at radius 2 is 2.11 bits per heavy atom. The van der Waals surface area contributed by atoms with E-state index >= 15 is 0 Å². The molecule has 1 aromatic carbocycles. The van der Waals surface area contributed by atoms with Crippen molar-refractivity contribution in [2.24, 2.45) is 0 Å². The van der Waals surface area contributed by atoms with Crippen molar-refractivity contribution in [1.29, 1.82) is 0 Å². The molecule has 0 bridgehead atoms. The fourth-order valence-corrected chi connectivity index (χ4v) is 2.17. The van der Waals surface area contributed by atoms with E-state index in [1.165, 1.54) is 0 Å². The van der Waals surface area contributed by atoms with Gasteiger partial charge in [-0.2, -0.15) is 0 Å². The van der Waals surface area contributed by atoms with Gasteiger partial charge in [0, 0.05) is 5.38 Å². The van der Waals surface area contributed by atoms with Gasteiger partial charge in [-0.15, -0.1) is 0 Å². The van der Waals surface area contributed by atoms with Crippen molar-refractivity contribution in [3.05, 3.63) is 29.8 Å². The zero-order chi connectivity index (χ0) is 14.3. The van der Waals surface area contributed by atoms with E-state index in [0.717, 1.165) is 5.56 Å². The first-order chi connectivity index (χ1) is 9.10. The maximum absolute atomic E-state index is 11.6. The van der Waals surface area contributed by atoms with Crippen molar-refractivity contribution in [1.82, 2.24) is 0 Å². The van der Waals surface area contributed by atoms with E-state index < -0.39 is 11.4 Å². The predicted molar refractivity (Wildman–Crippen MR) is 75.5 cm³/mol. The fourth-order valence-electron chi connectivity index (χ4n) is 2.11. The molecule has 0 saturated heterocycles. The van der Waals surface area contributed by atoms with Gasteiger partial charge in [-0.25, -0.2) is 0 Å². The van der Waals surface area contributed by atoms with E-state index in [0.29, 0.717) is 18.6 Å². The molecule has 19 heavy (non-hydrogen) atoms. The first kappa shape index (κ1) is 15.4. The van der Waals surface area contributed by atoms with Crippen LogP contribution in [0.25, 0.3) is 0 Å². The van der Waals surface area contributed by atoms with Gasteiger partial charge >= 0.3 is 5.97 Å². The molecular formula is C15H17ClO3. The largest absolute Gasteiger partial charge is 0.481 e. The lowest BCUT2D eigenvalue weighted by Gasteiger charge is -2.27. The Balaban J connectivity index is 3.07. The molecular weight excluding hydrogens is 264 g/mol. The number of carbonyl (C=O) groups is 1. The average Bonchev–Trinajstić information content (AvgIpc) is 2.41. The molecule has 0 saturated carbocycles. The predicted octanol–water partition coefficient (Wildman–Crippen LogP) is 3.41. The Kier molecular flexibility index (Phi) is 5.72. The van der Waals surface area contributed by atoms with Crippen LogP contribution in [0, 0.1) is 11.3 Å². The van der Waals surface area contributed by atoms with E-state index in [-0.39, 0.29) is 6.61 Å². The van der Waals surface area contributed by atoms with Crippen LogP contribution in [-0.4, -0.2) is 17.7 Å². The zero-order valence-corrected chi connectivity index (χ0v) is 11.8. The van der Waals surface area contributed by atoms with Gasteiger partial charge in [0.05, 0.1) is 5.41 Å². The maximum atomic E-state index is 11.6. The van der Waals surface area contributed by atoms with Crippen LogP contribution in [0.4, 0.5) is 0 Å². The maximum Gasteiger partial charge on any atom is 0.314 e. The molecule has 0 amide bonds. The summed E-state index contributed by atoms with van der Waals surface area (Å²) in [6.07, 6.45) is 1.06. The Labute approximate surface area is 118 Å². The van der Waals surface area contributed by atoms with Gasteiger partial charge in [-0.05, 0) is 48.1 Å². The van der Waals surface area contributed by atoms with Crippen molar-refractivity contribution in [2.45, 2.75) is 32.1 Å². The highest BCUT2D eigenvalue weighted by atomic mass is 35.5. The second-order valence-corrected chi connectivity index (χ2v) is 4.37. The number of benzene rings is 1.